The van der Waals surface area contributed by atoms with E-state index in [2.05, 4.69) is 10.6 Å². The van der Waals surface area contributed by atoms with Crippen LogP contribution in [0, 0.1) is 0 Å². The van der Waals surface area contributed by atoms with Crippen LogP contribution in [-0.4, -0.2) is 33.2 Å². The van der Waals surface area contributed by atoms with Crippen molar-refractivity contribution >= 4 is 50.9 Å². The lowest BCUT2D eigenvalue weighted by atomic mass is 10.2. The van der Waals surface area contributed by atoms with Crippen LogP contribution in [0.5, 0.6) is 0 Å². The lowest BCUT2D eigenvalue weighted by Crippen LogP contribution is -2.17. The summed E-state index contributed by atoms with van der Waals surface area (Å²) in [4.78, 5) is 0. The van der Waals surface area contributed by atoms with Gasteiger partial charge in [-0.2, -0.15) is 0 Å². The summed E-state index contributed by atoms with van der Waals surface area (Å²) < 4.78 is 0. The molecule has 0 aromatic heterocycles. The predicted octanol–water partition coefficient (Wildman–Crippen LogP) is 2.83. The Balaban J connectivity index is -0.000000282. The minimum absolute atomic E-state index is 0. The third kappa shape index (κ3) is 26.8. The summed E-state index contributed by atoms with van der Waals surface area (Å²) in [6, 6.07) is 0. The average Bonchev–Trinajstić information content (AvgIpc) is 2.21. The van der Waals surface area contributed by atoms with Crippen molar-refractivity contribution in [3.8, 4) is 0 Å². The fraction of sp³-hybridized carbons (Fsp3) is 1.00. The van der Waals surface area contributed by atoms with Crippen LogP contribution >= 0.6 is 50.9 Å². The predicted molar refractivity (Wildman–Crippen MR) is 94.5 cm³/mol. The zero-order valence-electron chi connectivity index (χ0n) is 10.9. The molecule has 3 nitrogen and oxygen atoms in total. The summed E-state index contributed by atoms with van der Waals surface area (Å²) in [6.07, 6.45) is 7.64. The second kappa shape index (κ2) is 26.0. The molecule has 0 rings (SSSR count). The van der Waals surface area contributed by atoms with Crippen molar-refractivity contribution in [3.05, 3.63) is 0 Å². The molecule has 0 unspecified atom stereocenters. The van der Waals surface area contributed by atoms with Crippen molar-refractivity contribution < 1.29 is 0 Å². The van der Waals surface area contributed by atoms with Gasteiger partial charge >= 0.3 is 0 Å². The van der Waals surface area contributed by atoms with Crippen LogP contribution < -0.4 is 16.4 Å². The van der Waals surface area contributed by atoms with Crippen molar-refractivity contribution in [1.29, 1.82) is 0 Å². The highest BCUT2D eigenvalue weighted by molar-refractivity contribution is 8.93. The SMILES string of the molecule is Br.Br.Br.CNCCCCCNCCCCCN. The lowest BCUT2D eigenvalue weighted by Gasteiger charge is -2.04. The number of hydrogen-bond acceptors (Lipinski definition) is 3. The Morgan fingerprint density at radius 1 is 0.706 bits per heavy atom. The molecule has 0 aliphatic rings. The molecule has 0 saturated carbocycles. The molecular weight excluding hydrogens is 414 g/mol. The van der Waals surface area contributed by atoms with Gasteiger partial charge in [-0.05, 0) is 58.9 Å². The first-order chi connectivity index (χ1) is 6.91. The highest BCUT2D eigenvalue weighted by Crippen LogP contribution is 1.93. The van der Waals surface area contributed by atoms with E-state index in [1.54, 1.807) is 0 Å². The number of rotatable bonds is 11. The molecular formula is C11H30Br3N3. The van der Waals surface area contributed by atoms with Crippen molar-refractivity contribution in [1.82, 2.24) is 10.6 Å². The first kappa shape index (κ1) is 26.8. The summed E-state index contributed by atoms with van der Waals surface area (Å²) in [5.41, 5.74) is 5.41. The Morgan fingerprint density at radius 2 is 1.18 bits per heavy atom. The maximum atomic E-state index is 5.41. The van der Waals surface area contributed by atoms with Gasteiger partial charge < -0.3 is 16.4 Å². The van der Waals surface area contributed by atoms with Crippen molar-refractivity contribution in [3.63, 3.8) is 0 Å². The number of unbranched alkanes of at least 4 members (excludes halogenated alkanes) is 4. The molecule has 0 fully saturated rings. The molecule has 0 aromatic carbocycles. The molecule has 110 valence electrons. The topological polar surface area (TPSA) is 50.1 Å². The standard InChI is InChI=1S/C11H27N3.3BrH/c1-13-9-5-3-7-11-14-10-6-2-4-8-12;;;/h13-14H,2-12H2,1H3;3*1H. The monoisotopic (exact) mass is 441 g/mol. The van der Waals surface area contributed by atoms with E-state index < -0.39 is 0 Å². The van der Waals surface area contributed by atoms with Crippen LogP contribution in [0.4, 0.5) is 0 Å². The van der Waals surface area contributed by atoms with Crippen LogP contribution in [0.25, 0.3) is 0 Å². The number of nitrogens with two attached hydrogens (primary N) is 1. The number of halogens is 3. The largest absolute Gasteiger partial charge is 0.330 e. The minimum atomic E-state index is 0. The van der Waals surface area contributed by atoms with E-state index in [0.29, 0.717) is 0 Å². The van der Waals surface area contributed by atoms with E-state index in [1.165, 1.54) is 45.1 Å². The Kier molecular flexibility index (Phi) is 41.0. The Hall–Kier alpha value is 1.32. The van der Waals surface area contributed by atoms with Gasteiger partial charge in [0, 0.05) is 0 Å². The van der Waals surface area contributed by atoms with Crippen LogP contribution in [0.3, 0.4) is 0 Å². The van der Waals surface area contributed by atoms with Gasteiger partial charge in [-0.3, -0.25) is 0 Å². The van der Waals surface area contributed by atoms with Gasteiger partial charge in [0.15, 0.2) is 0 Å². The summed E-state index contributed by atoms with van der Waals surface area (Å²) in [7, 11) is 2.01. The smallest absolute Gasteiger partial charge is 0.00489 e. The summed E-state index contributed by atoms with van der Waals surface area (Å²) in [5, 5.41) is 6.62. The van der Waals surface area contributed by atoms with Crippen molar-refractivity contribution in [2.75, 3.05) is 33.2 Å². The van der Waals surface area contributed by atoms with Crippen LogP contribution in [0.15, 0.2) is 0 Å². The molecule has 0 saturated heterocycles. The second-order valence-electron chi connectivity index (χ2n) is 3.76. The zero-order chi connectivity index (χ0) is 10.5. The van der Waals surface area contributed by atoms with Gasteiger partial charge in [0.2, 0.25) is 0 Å². The summed E-state index contributed by atoms with van der Waals surface area (Å²) in [5.74, 6) is 0. The van der Waals surface area contributed by atoms with E-state index in [1.807, 2.05) is 7.05 Å². The van der Waals surface area contributed by atoms with Gasteiger partial charge in [-0.25, -0.2) is 0 Å². The van der Waals surface area contributed by atoms with Crippen molar-refractivity contribution in [2.24, 2.45) is 5.73 Å². The molecule has 0 spiro atoms. The molecule has 4 N–H and O–H groups in total. The van der Waals surface area contributed by atoms with E-state index in [4.69, 9.17) is 5.73 Å². The van der Waals surface area contributed by atoms with E-state index in [-0.39, 0.29) is 50.9 Å². The molecule has 0 radical (unpaired) electrons. The third-order valence-electron chi connectivity index (χ3n) is 2.34. The first-order valence-electron chi connectivity index (χ1n) is 5.97. The molecule has 0 amide bonds. The molecule has 0 heterocycles. The maximum absolute atomic E-state index is 5.41. The Labute approximate surface area is 138 Å². The van der Waals surface area contributed by atoms with Gasteiger partial charge in [0.1, 0.15) is 0 Å². The highest BCUT2D eigenvalue weighted by atomic mass is 79.9. The van der Waals surface area contributed by atoms with Crippen LogP contribution in [-0.2, 0) is 0 Å². The van der Waals surface area contributed by atoms with Gasteiger partial charge in [-0.15, -0.1) is 50.9 Å². The Bertz CT molecular complexity index is 96.0. The minimum Gasteiger partial charge on any atom is -0.330 e. The molecule has 6 heteroatoms. The molecule has 0 aliphatic carbocycles. The van der Waals surface area contributed by atoms with Gasteiger partial charge in [0.05, 0.1) is 0 Å². The first-order valence-corrected chi connectivity index (χ1v) is 5.97. The van der Waals surface area contributed by atoms with Crippen molar-refractivity contribution in [2.45, 2.75) is 38.5 Å². The zero-order valence-corrected chi connectivity index (χ0v) is 16.0. The van der Waals surface area contributed by atoms with Gasteiger partial charge in [0.25, 0.3) is 0 Å². The fourth-order valence-electron chi connectivity index (χ4n) is 1.42. The molecule has 0 bridgehead atoms. The van der Waals surface area contributed by atoms with Crippen LogP contribution in [0.1, 0.15) is 38.5 Å². The summed E-state index contributed by atoms with van der Waals surface area (Å²) in [6.45, 7) is 4.32. The molecule has 17 heavy (non-hydrogen) atoms. The average molecular weight is 444 g/mol. The molecule has 0 aliphatic heterocycles. The van der Waals surface area contributed by atoms with E-state index in [9.17, 15) is 0 Å². The number of nitrogens with one attached hydrogen (secondary N) is 2. The maximum Gasteiger partial charge on any atom is -0.00489 e. The normalized spacial score (nSPS) is 8.82. The van der Waals surface area contributed by atoms with Crippen LogP contribution in [0.2, 0.25) is 0 Å². The molecule has 0 atom stereocenters. The fourth-order valence-corrected chi connectivity index (χ4v) is 1.42. The second-order valence-corrected chi connectivity index (χ2v) is 3.76. The van der Waals surface area contributed by atoms with E-state index >= 15 is 0 Å². The quantitative estimate of drug-likeness (QED) is 0.430. The van der Waals surface area contributed by atoms with Gasteiger partial charge in [-0.1, -0.05) is 12.8 Å². The highest BCUT2D eigenvalue weighted by Gasteiger charge is 1.90. The summed E-state index contributed by atoms with van der Waals surface area (Å²) >= 11 is 0. The Morgan fingerprint density at radius 3 is 1.65 bits per heavy atom. The molecule has 0 aromatic rings. The third-order valence-corrected chi connectivity index (χ3v) is 2.34. The number of hydrogen-bond donors (Lipinski definition) is 3. The van der Waals surface area contributed by atoms with E-state index in [0.717, 1.165) is 19.6 Å². The lowest BCUT2D eigenvalue weighted by molar-refractivity contribution is 0.565.